The van der Waals surface area contributed by atoms with Crippen LogP contribution in [-0.2, 0) is 11.3 Å². The fraction of sp³-hybridized carbons (Fsp3) is 0.400. The molecule has 6 heteroatoms. The van der Waals surface area contributed by atoms with E-state index in [9.17, 15) is 4.79 Å². The predicted molar refractivity (Wildman–Crippen MR) is 107 cm³/mol. The van der Waals surface area contributed by atoms with Gasteiger partial charge in [0.05, 0.1) is 5.69 Å². The van der Waals surface area contributed by atoms with Gasteiger partial charge in [-0.25, -0.2) is 0 Å². The Bertz CT molecular complexity index is 688. The Hall–Kier alpha value is -1.56. The largest absolute Gasteiger partial charge is 0.353 e. The first kappa shape index (κ1) is 19.2. The van der Waals surface area contributed by atoms with Crippen molar-refractivity contribution >= 4 is 29.3 Å². The van der Waals surface area contributed by atoms with Crippen molar-refractivity contribution in [2.45, 2.75) is 36.7 Å². The van der Waals surface area contributed by atoms with Crippen molar-refractivity contribution in [3.8, 4) is 0 Å². The third-order valence-electron chi connectivity index (χ3n) is 4.48. The highest BCUT2D eigenvalue weighted by molar-refractivity contribution is 7.99. The maximum atomic E-state index is 12.2. The molecule has 0 bridgehead atoms. The number of halogens is 1. The van der Waals surface area contributed by atoms with Crippen molar-refractivity contribution in [2.24, 2.45) is 0 Å². The first-order valence-corrected chi connectivity index (χ1v) is 10.4. The second-order valence-corrected chi connectivity index (χ2v) is 8.10. The molecule has 1 aromatic carbocycles. The lowest BCUT2D eigenvalue weighted by Crippen LogP contribution is -2.44. The summed E-state index contributed by atoms with van der Waals surface area (Å²) in [6.07, 6.45) is 4.39. The van der Waals surface area contributed by atoms with Crippen LogP contribution in [-0.4, -0.2) is 40.7 Å². The van der Waals surface area contributed by atoms with E-state index in [0.29, 0.717) is 12.5 Å². The van der Waals surface area contributed by atoms with Gasteiger partial charge in [0, 0.05) is 54.0 Å². The minimum Gasteiger partial charge on any atom is -0.353 e. The summed E-state index contributed by atoms with van der Waals surface area (Å²) in [5.74, 6) is 0.932. The first-order valence-electron chi connectivity index (χ1n) is 8.99. The van der Waals surface area contributed by atoms with Crippen molar-refractivity contribution < 1.29 is 4.79 Å². The molecule has 1 aromatic heterocycles. The third-order valence-corrected chi connectivity index (χ3v) is 5.74. The molecule has 2 heterocycles. The van der Waals surface area contributed by atoms with E-state index >= 15 is 0 Å². The molecule has 1 amide bonds. The summed E-state index contributed by atoms with van der Waals surface area (Å²) in [7, 11) is 0. The molecule has 4 nitrogen and oxygen atoms in total. The highest BCUT2D eigenvalue weighted by Crippen LogP contribution is 2.21. The van der Waals surface area contributed by atoms with Gasteiger partial charge in [0.1, 0.15) is 0 Å². The monoisotopic (exact) mass is 389 g/mol. The molecule has 3 rings (SSSR count). The van der Waals surface area contributed by atoms with Crippen LogP contribution in [0.4, 0.5) is 0 Å². The van der Waals surface area contributed by atoms with Crippen molar-refractivity contribution in [3.63, 3.8) is 0 Å². The molecule has 26 heavy (non-hydrogen) atoms. The van der Waals surface area contributed by atoms with Gasteiger partial charge in [-0.1, -0.05) is 17.7 Å². The lowest BCUT2D eigenvalue weighted by Gasteiger charge is -2.32. The zero-order chi connectivity index (χ0) is 18.2. The number of hydrogen-bond acceptors (Lipinski definition) is 4. The molecule has 0 spiro atoms. The molecule has 0 atom stereocenters. The van der Waals surface area contributed by atoms with E-state index in [1.54, 1.807) is 11.8 Å². The molecule has 0 saturated carbocycles. The normalized spacial score (nSPS) is 15.7. The smallest absolute Gasteiger partial charge is 0.221 e. The standard InChI is InChI=1S/C20H24ClN3OS/c21-16-4-6-19(7-5-16)26-14-10-20(25)23-17-8-12-24(13-9-17)15-18-3-1-2-11-22-18/h1-7,11,17H,8-10,12-15H2,(H,23,25). The van der Waals surface area contributed by atoms with Gasteiger partial charge in [0.2, 0.25) is 5.91 Å². The zero-order valence-corrected chi connectivity index (χ0v) is 16.3. The summed E-state index contributed by atoms with van der Waals surface area (Å²) in [6.45, 7) is 2.89. The SMILES string of the molecule is O=C(CCSc1ccc(Cl)cc1)NC1CCN(Cc2ccccn2)CC1. The van der Waals surface area contributed by atoms with Crippen LogP contribution in [0.5, 0.6) is 0 Å². The van der Waals surface area contributed by atoms with Crippen molar-refractivity contribution in [1.82, 2.24) is 15.2 Å². The average molecular weight is 390 g/mol. The molecule has 0 unspecified atom stereocenters. The number of nitrogens with one attached hydrogen (secondary N) is 1. The van der Waals surface area contributed by atoms with E-state index in [0.717, 1.165) is 53.8 Å². The molecule has 1 fully saturated rings. The molecular formula is C20H24ClN3OS. The lowest BCUT2D eigenvalue weighted by atomic mass is 10.0. The second kappa shape index (κ2) is 9.95. The molecular weight excluding hydrogens is 366 g/mol. The average Bonchev–Trinajstić information content (AvgIpc) is 2.66. The van der Waals surface area contributed by atoms with Crippen LogP contribution in [0.2, 0.25) is 5.02 Å². The maximum Gasteiger partial charge on any atom is 0.221 e. The quantitative estimate of drug-likeness (QED) is 0.727. The van der Waals surface area contributed by atoms with Crippen LogP contribution in [0, 0.1) is 0 Å². The van der Waals surface area contributed by atoms with E-state index in [1.165, 1.54) is 0 Å². The van der Waals surface area contributed by atoms with E-state index in [-0.39, 0.29) is 5.91 Å². The fourth-order valence-electron chi connectivity index (χ4n) is 3.05. The molecule has 138 valence electrons. The van der Waals surface area contributed by atoms with E-state index in [4.69, 9.17) is 11.6 Å². The Labute approximate surface area is 164 Å². The van der Waals surface area contributed by atoms with E-state index < -0.39 is 0 Å². The van der Waals surface area contributed by atoms with Gasteiger partial charge in [-0.3, -0.25) is 14.7 Å². The van der Waals surface area contributed by atoms with Gasteiger partial charge in [-0.05, 0) is 49.2 Å². The number of carbonyl (C=O) groups excluding carboxylic acids is 1. The number of benzene rings is 1. The Morgan fingerprint density at radius 2 is 1.96 bits per heavy atom. The van der Waals surface area contributed by atoms with Gasteiger partial charge in [-0.15, -0.1) is 11.8 Å². The van der Waals surface area contributed by atoms with E-state index in [2.05, 4.69) is 21.3 Å². The van der Waals surface area contributed by atoms with Crippen LogP contribution in [0.25, 0.3) is 0 Å². The van der Waals surface area contributed by atoms with Gasteiger partial charge in [-0.2, -0.15) is 0 Å². The van der Waals surface area contributed by atoms with E-state index in [1.807, 2.05) is 42.6 Å². The Balaban J connectivity index is 1.32. The number of likely N-dealkylation sites (tertiary alicyclic amines) is 1. The first-order chi connectivity index (χ1) is 12.7. The highest BCUT2D eigenvalue weighted by atomic mass is 35.5. The summed E-state index contributed by atoms with van der Waals surface area (Å²) in [6, 6.07) is 14.1. The fourth-order valence-corrected chi connectivity index (χ4v) is 4.03. The number of rotatable bonds is 7. The van der Waals surface area contributed by atoms with Gasteiger partial charge in [0.25, 0.3) is 0 Å². The number of amides is 1. The molecule has 2 aromatic rings. The minimum absolute atomic E-state index is 0.148. The molecule has 1 aliphatic rings. The van der Waals surface area contributed by atoms with Crippen molar-refractivity contribution in [3.05, 3.63) is 59.4 Å². The summed E-state index contributed by atoms with van der Waals surface area (Å²) >= 11 is 7.57. The summed E-state index contributed by atoms with van der Waals surface area (Å²) in [5, 5.41) is 3.92. The summed E-state index contributed by atoms with van der Waals surface area (Å²) in [5.41, 5.74) is 1.11. The number of carbonyl (C=O) groups is 1. The Morgan fingerprint density at radius 3 is 2.65 bits per heavy atom. The van der Waals surface area contributed by atoms with Gasteiger partial charge in [0.15, 0.2) is 0 Å². The van der Waals surface area contributed by atoms with Gasteiger partial charge >= 0.3 is 0 Å². The zero-order valence-electron chi connectivity index (χ0n) is 14.7. The van der Waals surface area contributed by atoms with Crippen molar-refractivity contribution in [2.75, 3.05) is 18.8 Å². The summed E-state index contributed by atoms with van der Waals surface area (Å²) in [4.78, 5) is 20.1. The number of hydrogen-bond donors (Lipinski definition) is 1. The predicted octanol–water partition coefficient (Wildman–Crippen LogP) is 4.00. The number of nitrogens with zero attached hydrogens (tertiary/aromatic N) is 2. The molecule has 1 aliphatic heterocycles. The van der Waals surface area contributed by atoms with Crippen LogP contribution >= 0.6 is 23.4 Å². The van der Waals surface area contributed by atoms with Crippen LogP contribution in [0.3, 0.4) is 0 Å². The molecule has 1 saturated heterocycles. The number of aromatic nitrogens is 1. The van der Waals surface area contributed by atoms with Crippen LogP contribution < -0.4 is 5.32 Å². The lowest BCUT2D eigenvalue weighted by molar-refractivity contribution is -0.121. The highest BCUT2D eigenvalue weighted by Gasteiger charge is 2.20. The number of thioether (sulfide) groups is 1. The Kier molecular flexibility index (Phi) is 7.35. The molecule has 0 aliphatic carbocycles. The van der Waals surface area contributed by atoms with Crippen LogP contribution in [0.15, 0.2) is 53.6 Å². The van der Waals surface area contributed by atoms with Crippen molar-refractivity contribution in [1.29, 1.82) is 0 Å². The topological polar surface area (TPSA) is 45.2 Å². The van der Waals surface area contributed by atoms with Crippen LogP contribution in [0.1, 0.15) is 25.0 Å². The third kappa shape index (κ3) is 6.31. The molecule has 0 radical (unpaired) electrons. The minimum atomic E-state index is 0.148. The molecule has 1 N–H and O–H groups in total. The van der Waals surface area contributed by atoms with Gasteiger partial charge < -0.3 is 5.32 Å². The Morgan fingerprint density at radius 1 is 1.19 bits per heavy atom. The number of pyridine rings is 1. The summed E-state index contributed by atoms with van der Waals surface area (Å²) < 4.78 is 0. The number of piperidine rings is 1. The maximum absolute atomic E-state index is 12.2. The second-order valence-electron chi connectivity index (χ2n) is 6.49.